The van der Waals surface area contributed by atoms with Gasteiger partial charge in [-0.25, -0.2) is 0 Å². The molecule has 0 radical (unpaired) electrons. The van der Waals surface area contributed by atoms with Crippen LogP contribution in [0.2, 0.25) is 0 Å². The van der Waals surface area contributed by atoms with E-state index in [9.17, 15) is 0 Å². The van der Waals surface area contributed by atoms with E-state index in [2.05, 4.69) is 11.9 Å². The van der Waals surface area contributed by atoms with Crippen LogP contribution < -0.4 is 5.32 Å². The first-order valence-corrected chi connectivity index (χ1v) is 2.89. The summed E-state index contributed by atoms with van der Waals surface area (Å²) in [5.41, 5.74) is 1.64. The maximum atomic E-state index is 8.49. The molecule has 0 rings (SSSR count). The molecule has 0 aromatic rings. The molecule has 0 spiro atoms. The fourth-order valence-electron chi connectivity index (χ4n) is 0.391. The normalized spacial score (nSPS) is 11.2. The molecule has 0 amide bonds. The number of allylic oxidation sites excluding steroid dienone is 2. The Morgan fingerprint density at radius 2 is 2.33 bits per heavy atom. The molecule has 0 aliphatic heterocycles. The Morgan fingerprint density at radius 3 is 2.67 bits per heavy atom. The Hall–Kier alpha value is -0.760. The van der Waals surface area contributed by atoms with Crippen molar-refractivity contribution in [2.24, 2.45) is 0 Å². The lowest BCUT2D eigenvalue weighted by Crippen LogP contribution is -2.11. The van der Waals surface area contributed by atoms with E-state index >= 15 is 0 Å². The standard InChI is InChI=1S/C7H13NO/c1-4-6(2)8-7(3)5-9/h4,8-9H,3,5H2,1-2H3/b6-4-. The predicted molar refractivity (Wildman–Crippen MR) is 38.8 cm³/mol. The summed E-state index contributed by atoms with van der Waals surface area (Å²) < 4.78 is 0. The highest BCUT2D eigenvalue weighted by atomic mass is 16.3. The summed E-state index contributed by atoms with van der Waals surface area (Å²) >= 11 is 0. The summed E-state index contributed by atoms with van der Waals surface area (Å²) in [5.74, 6) is 0. The molecule has 0 fully saturated rings. The number of hydrogen-bond acceptors (Lipinski definition) is 2. The number of hydrogen-bond donors (Lipinski definition) is 2. The molecule has 0 aromatic heterocycles. The molecule has 2 heteroatoms. The lowest BCUT2D eigenvalue weighted by atomic mass is 10.4. The first-order valence-electron chi connectivity index (χ1n) is 2.89. The van der Waals surface area contributed by atoms with E-state index in [1.54, 1.807) is 0 Å². The van der Waals surface area contributed by atoms with Gasteiger partial charge in [0.2, 0.25) is 0 Å². The topological polar surface area (TPSA) is 32.3 Å². The Bertz CT molecular complexity index is 127. The van der Waals surface area contributed by atoms with Crippen molar-refractivity contribution in [2.45, 2.75) is 13.8 Å². The van der Waals surface area contributed by atoms with Crippen LogP contribution in [0.25, 0.3) is 0 Å². The number of rotatable bonds is 3. The third-order valence-corrected chi connectivity index (χ3v) is 0.998. The second-order valence-electron chi connectivity index (χ2n) is 1.86. The summed E-state index contributed by atoms with van der Waals surface area (Å²) in [6.07, 6.45) is 1.92. The van der Waals surface area contributed by atoms with Crippen molar-refractivity contribution in [2.75, 3.05) is 6.61 Å². The Morgan fingerprint density at radius 1 is 1.78 bits per heavy atom. The van der Waals surface area contributed by atoms with Gasteiger partial charge in [0.25, 0.3) is 0 Å². The van der Waals surface area contributed by atoms with Gasteiger partial charge in [-0.05, 0) is 13.8 Å². The smallest absolute Gasteiger partial charge is 0.0824 e. The maximum absolute atomic E-state index is 8.49. The Balaban J connectivity index is 3.60. The Kier molecular flexibility index (Phi) is 3.80. The largest absolute Gasteiger partial charge is 0.390 e. The second-order valence-corrected chi connectivity index (χ2v) is 1.86. The molecule has 0 aliphatic rings. The molecule has 0 aliphatic carbocycles. The van der Waals surface area contributed by atoms with Gasteiger partial charge in [0.15, 0.2) is 0 Å². The van der Waals surface area contributed by atoms with E-state index in [0.29, 0.717) is 5.70 Å². The van der Waals surface area contributed by atoms with Gasteiger partial charge in [0.1, 0.15) is 0 Å². The van der Waals surface area contributed by atoms with Crippen LogP contribution >= 0.6 is 0 Å². The average Bonchev–Trinajstić information content (AvgIpc) is 1.87. The summed E-state index contributed by atoms with van der Waals surface area (Å²) in [4.78, 5) is 0. The van der Waals surface area contributed by atoms with Gasteiger partial charge in [-0.3, -0.25) is 0 Å². The first kappa shape index (κ1) is 8.24. The minimum absolute atomic E-state index is 0.00875. The molecule has 0 heterocycles. The number of aliphatic hydroxyl groups excluding tert-OH is 1. The minimum Gasteiger partial charge on any atom is -0.390 e. The molecule has 0 aromatic carbocycles. The van der Waals surface area contributed by atoms with Crippen molar-refractivity contribution >= 4 is 0 Å². The lowest BCUT2D eigenvalue weighted by Gasteiger charge is -2.04. The van der Waals surface area contributed by atoms with Crippen molar-refractivity contribution in [3.63, 3.8) is 0 Å². The zero-order valence-corrected chi connectivity index (χ0v) is 5.94. The van der Waals surface area contributed by atoms with E-state index in [-0.39, 0.29) is 6.61 Å². The van der Waals surface area contributed by atoms with Gasteiger partial charge in [0.05, 0.1) is 6.61 Å². The van der Waals surface area contributed by atoms with Gasteiger partial charge < -0.3 is 10.4 Å². The Labute approximate surface area is 55.9 Å². The lowest BCUT2D eigenvalue weighted by molar-refractivity contribution is 0.325. The van der Waals surface area contributed by atoms with Crippen LogP contribution in [-0.4, -0.2) is 11.7 Å². The van der Waals surface area contributed by atoms with Crippen molar-refractivity contribution in [1.82, 2.24) is 5.32 Å². The molecule has 0 atom stereocenters. The van der Waals surface area contributed by atoms with Crippen molar-refractivity contribution in [3.05, 3.63) is 24.0 Å². The van der Waals surface area contributed by atoms with Crippen LogP contribution in [0.15, 0.2) is 24.0 Å². The molecule has 52 valence electrons. The monoisotopic (exact) mass is 127 g/mol. The predicted octanol–water partition coefficient (Wildman–Crippen LogP) is 1.01. The molecule has 2 nitrogen and oxygen atoms in total. The van der Waals surface area contributed by atoms with E-state index in [4.69, 9.17) is 5.11 Å². The average molecular weight is 127 g/mol. The zero-order valence-electron chi connectivity index (χ0n) is 5.94. The molecule has 0 bridgehead atoms. The SMILES string of the molecule is C=C(CO)N/C(C)=C\C. The van der Waals surface area contributed by atoms with Gasteiger partial charge in [-0.15, -0.1) is 0 Å². The van der Waals surface area contributed by atoms with Crippen LogP contribution in [0.3, 0.4) is 0 Å². The summed E-state index contributed by atoms with van der Waals surface area (Å²) in [6, 6.07) is 0. The molecular weight excluding hydrogens is 114 g/mol. The van der Waals surface area contributed by atoms with E-state index in [1.165, 1.54) is 0 Å². The maximum Gasteiger partial charge on any atom is 0.0824 e. The van der Waals surface area contributed by atoms with Crippen molar-refractivity contribution in [1.29, 1.82) is 0 Å². The summed E-state index contributed by atoms with van der Waals surface area (Å²) in [6.45, 7) is 7.39. The molecule has 0 saturated carbocycles. The molecule has 0 saturated heterocycles. The van der Waals surface area contributed by atoms with E-state index in [1.807, 2.05) is 19.9 Å². The highest BCUT2D eigenvalue weighted by Gasteiger charge is 1.87. The van der Waals surface area contributed by atoms with E-state index in [0.717, 1.165) is 5.70 Å². The second kappa shape index (κ2) is 4.15. The zero-order chi connectivity index (χ0) is 7.28. The minimum atomic E-state index is -0.00875. The van der Waals surface area contributed by atoms with Crippen LogP contribution in [0.5, 0.6) is 0 Å². The van der Waals surface area contributed by atoms with Crippen LogP contribution in [0.4, 0.5) is 0 Å². The number of aliphatic hydroxyl groups is 1. The first-order chi connectivity index (χ1) is 4.20. The number of nitrogens with one attached hydrogen (secondary N) is 1. The molecule has 2 N–H and O–H groups in total. The van der Waals surface area contributed by atoms with Gasteiger partial charge in [0, 0.05) is 11.4 Å². The highest BCUT2D eigenvalue weighted by Crippen LogP contribution is 1.89. The van der Waals surface area contributed by atoms with Crippen molar-refractivity contribution in [3.8, 4) is 0 Å². The van der Waals surface area contributed by atoms with E-state index < -0.39 is 0 Å². The fourth-order valence-corrected chi connectivity index (χ4v) is 0.391. The van der Waals surface area contributed by atoms with Crippen molar-refractivity contribution < 1.29 is 5.11 Å². The highest BCUT2D eigenvalue weighted by molar-refractivity contribution is 5.04. The molecule has 9 heavy (non-hydrogen) atoms. The summed E-state index contributed by atoms with van der Waals surface area (Å²) in [5, 5.41) is 11.4. The third-order valence-electron chi connectivity index (χ3n) is 0.998. The quantitative estimate of drug-likeness (QED) is 0.593. The summed E-state index contributed by atoms with van der Waals surface area (Å²) in [7, 11) is 0. The van der Waals surface area contributed by atoms with Gasteiger partial charge in [-0.2, -0.15) is 0 Å². The van der Waals surface area contributed by atoms with Crippen LogP contribution in [0.1, 0.15) is 13.8 Å². The van der Waals surface area contributed by atoms with Gasteiger partial charge in [-0.1, -0.05) is 12.7 Å². The fraction of sp³-hybridized carbons (Fsp3) is 0.429. The van der Waals surface area contributed by atoms with Gasteiger partial charge >= 0.3 is 0 Å². The van der Waals surface area contributed by atoms with Crippen LogP contribution in [0, 0.1) is 0 Å². The molecule has 0 unspecified atom stereocenters. The third kappa shape index (κ3) is 3.79. The van der Waals surface area contributed by atoms with Crippen LogP contribution in [-0.2, 0) is 0 Å². The molecular formula is C7H13NO.